The molecular weight excluding hydrogens is 332 g/mol. The van der Waals surface area contributed by atoms with Crippen molar-refractivity contribution in [3.63, 3.8) is 0 Å². The first kappa shape index (κ1) is 15.8. The van der Waals surface area contributed by atoms with Gasteiger partial charge >= 0.3 is 0 Å². The minimum atomic E-state index is 0.438. The Morgan fingerprint density at radius 2 is 2.25 bits per heavy atom. The molecule has 0 bridgehead atoms. The second-order valence-corrected chi connectivity index (χ2v) is 7.21. The summed E-state index contributed by atoms with van der Waals surface area (Å²) in [6.45, 7) is 3.41. The van der Waals surface area contributed by atoms with Crippen LogP contribution in [0.4, 0.5) is 5.69 Å². The molecule has 2 rings (SSSR count). The molecule has 20 heavy (non-hydrogen) atoms. The van der Waals surface area contributed by atoms with E-state index >= 15 is 0 Å². The summed E-state index contributed by atoms with van der Waals surface area (Å²) in [5.74, 6) is 1.80. The summed E-state index contributed by atoms with van der Waals surface area (Å²) >= 11 is 8.56. The van der Waals surface area contributed by atoms with Crippen LogP contribution in [0.25, 0.3) is 0 Å². The molecule has 0 amide bonds. The van der Waals surface area contributed by atoms with E-state index in [4.69, 9.17) is 18.0 Å². The molecule has 2 atom stereocenters. The molecule has 0 aliphatic heterocycles. The summed E-state index contributed by atoms with van der Waals surface area (Å²) in [6.07, 6.45) is 6.86. The first-order chi connectivity index (χ1) is 9.56. The van der Waals surface area contributed by atoms with E-state index < -0.39 is 0 Å². The number of hydrogen-bond acceptors (Lipinski definition) is 2. The first-order valence-electron chi connectivity index (χ1n) is 7.39. The molecule has 0 spiro atoms. The fourth-order valence-corrected chi connectivity index (χ4v) is 3.69. The van der Waals surface area contributed by atoms with E-state index in [1.807, 2.05) is 18.2 Å². The van der Waals surface area contributed by atoms with E-state index in [1.54, 1.807) is 0 Å². The average molecular weight is 355 g/mol. The van der Waals surface area contributed by atoms with Crippen molar-refractivity contribution in [1.29, 1.82) is 0 Å². The molecule has 0 radical (unpaired) electrons. The number of anilines is 1. The van der Waals surface area contributed by atoms with Crippen molar-refractivity contribution >= 4 is 38.8 Å². The van der Waals surface area contributed by atoms with Crippen LogP contribution in [0.1, 0.15) is 44.6 Å². The molecule has 1 aliphatic rings. The Balaban J connectivity index is 1.83. The number of rotatable bonds is 5. The Bertz CT molecular complexity index is 476. The zero-order valence-electron chi connectivity index (χ0n) is 12.0. The molecule has 0 aromatic heterocycles. The second kappa shape index (κ2) is 7.41. The van der Waals surface area contributed by atoms with Gasteiger partial charge < -0.3 is 11.1 Å². The average Bonchev–Trinajstić information content (AvgIpc) is 2.40. The van der Waals surface area contributed by atoms with Crippen LogP contribution in [0.2, 0.25) is 0 Å². The highest BCUT2D eigenvalue weighted by Gasteiger charge is 2.18. The third-order valence-corrected chi connectivity index (χ3v) is 5.06. The molecule has 0 saturated heterocycles. The van der Waals surface area contributed by atoms with Gasteiger partial charge in [-0.3, -0.25) is 0 Å². The Hall–Kier alpha value is -0.610. The number of nitrogens with two attached hydrogens (primary N) is 1. The Morgan fingerprint density at radius 3 is 2.90 bits per heavy atom. The Kier molecular flexibility index (Phi) is 5.85. The molecule has 1 aromatic carbocycles. The summed E-state index contributed by atoms with van der Waals surface area (Å²) in [6, 6.07) is 5.99. The normalized spacial score (nSPS) is 22.5. The van der Waals surface area contributed by atoms with Crippen molar-refractivity contribution in [1.82, 2.24) is 0 Å². The third-order valence-electron chi connectivity index (χ3n) is 4.17. The van der Waals surface area contributed by atoms with Crippen LogP contribution in [0.3, 0.4) is 0 Å². The second-order valence-electron chi connectivity index (χ2n) is 5.91. The van der Waals surface area contributed by atoms with Gasteiger partial charge in [-0.2, -0.15) is 0 Å². The van der Waals surface area contributed by atoms with E-state index in [0.717, 1.165) is 34.1 Å². The molecule has 0 heterocycles. The van der Waals surface area contributed by atoms with Gasteiger partial charge in [-0.25, -0.2) is 0 Å². The fourth-order valence-electron chi connectivity index (χ4n) is 3.04. The number of halogens is 1. The molecule has 2 unspecified atom stereocenters. The predicted molar refractivity (Wildman–Crippen MR) is 94.3 cm³/mol. The standard InChI is InChI=1S/C16H23BrN2S/c1-11-3-2-4-12(9-11)7-8-19-15-6-5-13(16(18)20)10-14(15)17/h5-6,10-12,19H,2-4,7-9H2,1H3,(H2,18,20). The van der Waals surface area contributed by atoms with Gasteiger partial charge in [0.05, 0.1) is 0 Å². The Morgan fingerprint density at radius 1 is 1.45 bits per heavy atom. The maximum absolute atomic E-state index is 5.63. The van der Waals surface area contributed by atoms with Crippen molar-refractivity contribution in [2.24, 2.45) is 17.6 Å². The van der Waals surface area contributed by atoms with Crippen molar-refractivity contribution in [3.8, 4) is 0 Å². The lowest BCUT2D eigenvalue weighted by Crippen LogP contribution is -2.16. The van der Waals surface area contributed by atoms with Crippen molar-refractivity contribution in [3.05, 3.63) is 28.2 Å². The van der Waals surface area contributed by atoms with Crippen LogP contribution >= 0.6 is 28.1 Å². The molecule has 1 aromatic rings. The molecule has 1 aliphatic carbocycles. The van der Waals surface area contributed by atoms with Crippen LogP contribution in [-0.2, 0) is 0 Å². The molecule has 3 N–H and O–H groups in total. The van der Waals surface area contributed by atoms with Gasteiger partial charge in [-0.15, -0.1) is 0 Å². The van der Waals surface area contributed by atoms with E-state index in [0.29, 0.717) is 4.99 Å². The molecule has 4 heteroatoms. The van der Waals surface area contributed by atoms with Crippen LogP contribution < -0.4 is 11.1 Å². The number of hydrogen-bond donors (Lipinski definition) is 2. The van der Waals surface area contributed by atoms with Crippen LogP contribution in [0.5, 0.6) is 0 Å². The highest BCUT2D eigenvalue weighted by Crippen LogP contribution is 2.31. The fraction of sp³-hybridized carbons (Fsp3) is 0.562. The third kappa shape index (κ3) is 4.45. The molecule has 110 valence electrons. The highest BCUT2D eigenvalue weighted by atomic mass is 79.9. The van der Waals surface area contributed by atoms with Crippen LogP contribution in [-0.4, -0.2) is 11.5 Å². The maximum Gasteiger partial charge on any atom is 0.104 e. The van der Waals surface area contributed by atoms with Gasteiger partial charge in [0.25, 0.3) is 0 Å². The molecular formula is C16H23BrN2S. The van der Waals surface area contributed by atoms with Gasteiger partial charge in [0.15, 0.2) is 0 Å². The summed E-state index contributed by atoms with van der Waals surface area (Å²) < 4.78 is 1.03. The van der Waals surface area contributed by atoms with Crippen molar-refractivity contribution < 1.29 is 0 Å². The predicted octanol–water partition coefficient (Wildman–Crippen LogP) is 4.71. The minimum Gasteiger partial charge on any atom is -0.389 e. The lowest BCUT2D eigenvalue weighted by Gasteiger charge is -2.26. The van der Waals surface area contributed by atoms with E-state index in [-0.39, 0.29) is 0 Å². The summed E-state index contributed by atoms with van der Waals surface area (Å²) in [5.41, 5.74) is 7.65. The molecule has 2 nitrogen and oxygen atoms in total. The van der Waals surface area contributed by atoms with E-state index in [1.165, 1.54) is 32.1 Å². The monoisotopic (exact) mass is 354 g/mol. The summed E-state index contributed by atoms with van der Waals surface area (Å²) in [4.78, 5) is 0.438. The van der Waals surface area contributed by atoms with Crippen LogP contribution in [0, 0.1) is 11.8 Å². The zero-order valence-corrected chi connectivity index (χ0v) is 14.4. The number of thiocarbonyl (C=S) groups is 1. The first-order valence-corrected chi connectivity index (χ1v) is 8.59. The van der Waals surface area contributed by atoms with Crippen molar-refractivity contribution in [2.75, 3.05) is 11.9 Å². The van der Waals surface area contributed by atoms with Gasteiger partial charge in [0.2, 0.25) is 0 Å². The minimum absolute atomic E-state index is 0.438. The van der Waals surface area contributed by atoms with Gasteiger partial charge in [-0.1, -0.05) is 38.4 Å². The van der Waals surface area contributed by atoms with Gasteiger partial charge in [0, 0.05) is 22.3 Å². The smallest absolute Gasteiger partial charge is 0.104 e. The summed E-state index contributed by atoms with van der Waals surface area (Å²) in [7, 11) is 0. The summed E-state index contributed by atoms with van der Waals surface area (Å²) in [5, 5.41) is 3.51. The quantitative estimate of drug-likeness (QED) is 0.751. The van der Waals surface area contributed by atoms with Crippen LogP contribution in [0.15, 0.2) is 22.7 Å². The number of benzene rings is 1. The molecule has 1 saturated carbocycles. The Labute approximate surface area is 135 Å². The van der Waals surface area contributed by atoms with Gasteiger partial charge in [-0.05, 0) is 58.8 Å². The van der Waals surface area contributed by atoms with Gasteiger partial charge in [0.1, 0.15) is 4.99 Å². The maximum atomic E-state index is 5.63. The number of nitrogens with one attached hydrogen (secondary N) is 1. The largest absolute Gasteiger partial charge is 0.389 e. The van der Waals surface area contributed by atoms with Crippen molar-refractivity contribution in [2.45, 2.75) is 39.0 Å². The SMILES string of the molecule is CC1CCCC(CCNc2ccc(C(N)=S)cc2Br)C1. The molecule has 1 fully saturated rings. The van der Waals surface area contributed by atoms with E-state index in [2.05, 4.69) is 28.2 Å². The van der Waals surface area contributed by atoms with E-state index in [9.17, 15) is 0 Å². The highest BCUT2D eigenvalue weighted by molar-refractivity contribution is 9.10. The lowest BCUT2D eigenvalue weighted by atomic mass is 9.81. The zero-order chi connectivity index (χ0) is 14.5. The lowest BCUT2D eigenvalue weighted by molar-refractivity contribution is 0.274. The topological polar surface area (TPSA) is 38.0 Å².